The van der Waals surface area contributed by atoms with Crippen LogP contribution in [0.1, 0.15) is 22.4 Å². The van der Waals surface area contributed by atoms with Crippen molar-refractivity contribution in [2.45, 2.75) is 5.41 Å². The van der Waals surface area contributed by atoms with E-state index >= 15 is 0 Å². The molecule has 0 amide bonds. The maximum absolute atomic E-state index is 6.45. The lowest BCUT2D eigenvalue weighted by Gasteiger charge is -2.32. The fourth-order valence-corrected chi connectivity index (χ4v) is 5.74. The Balaban J connectivity index is 1.38. The third kappa shape index (κ3) is 3.52. The summed E-state index contributed by atoms with van der Waals surface area (Å²) in [5, 5.41) is 0. The summed E-state index contributed by atoms with van der Waals surface area (Å²) in [6.07, 6.45) is 3.69. The monoisotopic (exact) mass is 488 g/mol. The van der Waals surface area contributed by atoms with Crippen molar-refractivity contribution in [3.05, 3.63) is 168 Å². The van der Waals surface area contributed by atoms with Crippen molar-refractivity contribution < 1.29 is 4.74 Å². The molecule has 2 heterocycles. The van der Waals surface area contributed by atoms with Crippen molar-refractivity contribution in [3.63, 3.8) is 0 Å². The molecule has 1 aliphatic carbocycles. The Kier molecular flexibility index (Phi) is 5.33. The van der Waals surface area contributed by atoms with E-state index in [1.165, 1.54) is 22.3 Å². The second-order valence-corrected chi connectivity index (χ2v) is 9.43. The summed E-state index contributed by atoms with van der Waals surface area (Å²) in [6, 6.07) is 45.9. The number of ether oxygens (including phenoxy) is 1. The highest BCUT2D eigenvalue weighted by Crippen LogP contribution is 2.55. The molecule has 1 aliphatic rings. The number of rotatable bonds is 5. The van der Waals surface area contributed by atoms with Gasteiger partial charge < -0.3 is 4.74 Å². The summed E-state index contributed by atoms with van der Waals surface area (Å²) in [6.45, 7) is 0. The average molecular weight is 489 g/mol. The third-order valence-electron chi connectivity index (χ3n) is 7.30. The van der Waals surface area contributed by atoms with E-state index in [0.717, 1.165) is 34.0 Å². The second-order valence-electron chi connectivity index (χ2n) is 9.43. The molecular weight excluding hydrogens is 464 g/mol. The molecule has 180 valence electrons. The van der Waals surface area contributed by atoms with Crippen LogP contribution in [0.4, 0.5) is 0 Å². The van der Waals surface area contributed by atoms with Crippen LogP contribution in [-0.2, 0) is 5.41 Å². The summed E-state index contributed by atoms with van der Waals surface area (Å²) >= 11 is 0. The highest BCUT2D eigenvalue weighted by Gasteiger charge is 2.47. The smallest absolute Gasteiger partial charge is 0.128 e. The Bertz CT molecular complexity index is 1700. The van der Waals surface area contributed by atoms with Gasteiger partial charge in [0.15, 0.2) is 0 Å². The molecule has 6 aromatic rings. The van der Waals surface area contributed by atoms with Crippen LogP contribution >= 0.6 is 0 Å². The molecule has 3 nitrogen and oxygen atoms in total. The molecular formula is C35H24N2O. The van der Waals surface area contributed by atoms with Crippen molar-refractivity contribution in [2.24, 2.45) is 0 Å². The van der Waals surface area contributed by atoms with Gasteiger partial charge in [-0.1, -0.05) is 84.9 Å². The van der Waals surface area contributed by atoms with E-state index in [2.05, 4.69) is 83.8 Å². The van der Waals surface area contributed by atoms with E-state index in [1.54, 1.807) is 6.20 Å². The molecule has 38 heavy (non-hydrogen) atoms. The summed E-state index contributed by atoms with van der Waals surface area (Å²) < 4.78 is 6.45. The van der Waals surface area contributed by atoms with Gasteiger partial charge in [-0.05, 0) is 76.3 Å². The minimum atomic E-state index is -0.552. The van der Waals surface area contributed by atoms with Crippen LogP contribution in [-0.4, -0.2) is 9.97 Å². The predicted molar refractivity (Wildman–Crippen MR) is 151 cm³/mol. The molecule has 4 aromatic carbocycles. The number of pyridine rings is 2. The van der Waals surface area contributed by atoms with Crippen LogP contribution in [0.5, 0.6) is 11.5 Å². The van der Waals surface area contributed by atoms with E-state index in [9.17, 15) is 0 Å². The molecule has 2 aromatic heterocycles. The van der Waals surface area contributed by atoms with Gasteiger partial charge in [0.05, 0.1) is 16.8 Å². The van der Waals surface area contributed by atoms with Crippen molar-refractivity contribution in [3.8, 4) is 33.9 Å². The first-order valence-corrected chi connectivity index (χ1v) is 12.7. The summed E-state index contributed by atoms with van der Waals surface area (Å²) in [4.78, 5) is 9.40. The Labute approximate surface area is 222 Å². The van der Waals surface area contributed by atoms with Crippen LogP contribution in [0.25, 0.3) is 22.4 Å². The standard InChI is InChI=1S/C35H24N2O/c1-3-17-31-29(15-1)30-16-2-4-18-32(30)35(31,34-20-6-8-22-37-34)26-12-10-14-28(24-26)38-27-13-9-11-25(23-27)33-19-5-7-21-36-33/h1-24H. The molecule has 0 fully saturated rings. The topological polar surface area (TPSA) is 35.0 Å². The summed E-state index contributed by atoms with van der Waals surface area (Å²) in [5.41, 5.74) is 8.43. The van der Waals surface area contributed by atoms with Gasteiger partial charge in [0, 0.05) is 18.0 Å². The van der Waals surface area contributed by atoms with Crippen molar-refractivity contribution in [2.75, 3.05) is 0 Å². The first kappa shape index (κ1) is 22.2. The molecule has 0 radical (unpaired) electrons. The van der Waals surface area contributed by atoms with Gasteiger partial charge >= 0.3 is 0 Å². The van der Waals surface area contributed by atoms with Crippen molar-refractivity contribution >= 4 is 0 Å². The Morgan fingerprint density at radius 1 is 0.500 bits per heavy atom. The molecule has 0 saturated heterocycles. The van der Waals surface area contributed by atoms with Crippen LogP contribution in [0.2, 0.25) is 0 Å². The van der Waals surface area contributed by atoms with E-state index in [1.807, 2.05) is 60.8 Å². The van der Waals surface area contributed by atoms with Gasteiger partial charge in [0.25, 0.3) is 0 Å². The van der Waals surface area contributed by atoms with Gasteiger partial charge in [0.2, 0.25) is 0 Å². The van der Waals surface area contributed by atoms with Gasteiger partial charge in [-0.3, -0.25) is 9.97 Å². The maximum Gasteiger partial charge on any atom is 0.128 e. The fraction of sp³-hybridized carbons (Fsp3) is 0.0286. The Morgan fingerprint density at radius 3 is 1.82 bits per heavy atom. The van der Waals surface area contributed by atoms with Crippen LogP contribution in [0, 0.1) is 0 Å². The molecule has 0 aliphatic heterocycles. The first-order chi connectivity index (χ1) is 18.8. The Hall–Kier alpha value is -5.02. The average Bonchev–Trinajstić information content (AvgIpc) is 3.30. The highest BCUT2D eigenvalue weighted by molar-refractivity contribution is 5.85. The van der Waals surface area contributed by atoms with Crippen LogP contribution in [0.3, 0.4) is 0 Å². The van der Waals surface area contributed by atoms with Crippen LogP contribution < -0.4 is 4.74 Å². The minimum absolute atomic E-state index is 0.552. The first-order valence-electron chi connectivity index (χ1n) is 12.7. The second kappa shape index (κ2) is 9.13. The third-order valence-corrected chi connectivity index (χ3v) is 7.30. The zero-order chi connectivity index (χ0) is 25.4. The van der Waals surface area contributed by atoms with Gasteiger partial charge in [-0.2, -0.15) is 0 Å². The fourth-order valence-electron chi connectivity index (χ4n) is 5.74. The number of nitrogens with zero attached hydrogens (tertiary/aromatic N) is 2. The molecule has 7 rings (SSSR count). The molecule has 0 spiro atoms. The number of hydrogen-bond acceptors (Lipinski definition) is 3. The van der Waals surface area contributed by atoms with Gasteiger partial charge in [0.1, 0.15) is 11.5 Å². The minimum Gasteiger partial charge on any atom is -0.457 e. The van der Waals surface area contributed by atoms with E-state index in [-0.39, 0.29) is 0 Å². The number of fused-ring (bicyclic) bond motifs is 3. The predicted octanol–water partition coefficient (Wildman–Crippen LogP) is 8.30. The molecule has 0 N–H and O–H groups in total. The highest BCUT2D eigenvalue weighted by atomic mass is 16.5. The zero-order valence-electron chi connectivity index (χ0n) is 20.7. The van der Waals surface area contributed by atoms with Gasteiger partial charge in [-0.15, -0.1) is 0 Å². The number of aromatic nitrogens is 2. The quantitative estimate of drug-likeness (QED) is 0.244. The molecule has 0 atom stereocenters. The molecule has 0 bridgehead atoms. The normalized spacial score (nSPS) is 12.9. The molecule has 3 heteroatoms. The Morgan fingerprint density at radius 2 is 1.13 bits per heavy atom. The van der Waals surface area contributed by atoms with Gasteiger partial charge in [-0.25, -0.2) is 0 Å². The lowest BCUT2D eigenvalue weighted by molar-refractivity contribution is 0.481. The zero-order valence-corrected chi connectivity index (χ0v) is 20.7. The largest absolute Gasteiger partial charge is 0.457 e. The SMILES string of the molecule is c1ccc(-c2cccc(Oc3cccc(C4(c5ccccn5)c5ccccc5-c5ccccc54)c3)c2)nc1. The number of hydrogen-bond donors (Lipinski definition) is 0. The number of benzene rings is 4. The van der Waals surface area contributed by atoms with Crippen molar-refractivity contribution in [1.29, 1.82) is 0 Å². The lowest BCUT2D eigenvalue weighted by atomic mass is 9.70. The van der Waals surface area contributed by atoms with E-state index in [0.29, 0.717) is 0 Å². The van der Waals surface area contributed by atoms with E-state index in [4.69, 9.17) is 9.72 Å². The molecule has 0 unspecified atom stereocenters. The maximum atomic E-state index is 6.45. The van der Waals surface area contributed by atoms with Crippen LogP contribution in [0.15, 0.2) is 146 Å². The summed E-state index contributed by atoms with van der Waals surface area (Å²) in [5.74, 6) is 1.54. The van der Waals surface area contributed by atoms with E-state index < -0.39 is 5.41 Å². The van der Waals surface area contributed by atoms with Crippen molar-refractivity contribution in [1.82, 2.24) is 9.97 Å². The molecule has 0 saturated carbocycles. The summed E-state index contributed by atoms with van der Waals surface area (Å²) in [7, 11) is 0. The lowest BCUT2D eigenvalue weighted by Crippen LogP contribution is -2.29.